The molecule has 2 aliphatic rings. The van der Waals surface area contributed by atoms with Gasteiger partial charge in [-0.05, 0) is 66.0 Å². The number of hydrogen-bond acceptors (Lipinski definition) is 3. The van der Waals surface area contributed by atoms with Crippen molar-refractivity contribution in [3.63, 3.8) is 0 Å². The number of nitrogens with zero attached hydrogens (tertiary/aromatic N) is 1. The predicted octanol–water partition coefficient (Wildman–Crippen LogP) is 6.79. The van der Waals surface area contributed by atoms with E-state index in [1.54, 1.807) is 0 Å². The molecule has 4 atom stereocenters. The minimum absolute atomic E-state index is 0.112. The Kier molecular flexibility index (Phi) is 5.52. The molecule has 2 N–H and O–H groups in total. The number of hydrogen-bond donors (Lipinski definition) is 2. The fourth-order valence-electron chi connectivity index (χ4n) is 5.51. The van der Waals surface area contributed by atoms with E-state index < -0.39 is 0 Å². The molecule has 32 heavy (non-hydrogen) atoms. The smallest absolute Gasteiger partial charge is 0.121 e. The standard InChI is InChI=1S/C29H31NO2/c1-19-14-24(17-26(31)15-19)22-10-8-21(9-11-22)23-12-13-27(29(32)18-23)28-16-20(2)30(28)25-6-4-3-5-7-25/h3-13,18-19,24,26,28,31-32H,2,14-17H2,1H3. The van der Waals surface area contributed by atoms with E-state index in [0.29, 0.717) is 17.6 Å². The highest BCUT2D eigenvalue weighted by atomic mass is 16.3. The lowest BCUT2D eigenvalue weighted by molar-refractivity contribution is 0.0946. The summed E-state index contributed by atoms with van der Waals surface area (Å²) in [5.41, 5.74) is 6.52. The topological polar surface area (TPSA) is 43.7 Å². The first kappa shape index (κ1) is 20.8. The van der Waals surface area contributed by atoms with Crippen LogP contribution in [0, 0.1) is 5.92 Å². The van der Waals surface area contributed by atoms with E-state index >= 15 is 0 Å². The van der Waals surface area contributed by atoms with Crippen molar-refractivity contribution in [1.29, 1.82) is 0 Å². The molecule has 0 radical (unpaired) electrons. The van der Waals surface area contributed by atoms with Gasteiger partial charge in [0.15, 0.2) is 0 Å². The number of phenols is 1. The Balaban J connectivity index is 1.35. The minimum atomic E-state index is -0.189. The van der Waals surface area contributed by atoms with Crippen molar-refractivity contribution in [3.8, 4) is 16.9 Å². The molecule has 0 bridgehead atoms. The van der Waals surface area contributed by atoms with Crippen LogP contribution in [0.4, 0.5) is 5.69 Å². The van der Waals surface area contributed by atoms with Gasteiger partial charge in [0.25, 0.3) is 0 Å². The van der Waals surface area contributed by atoms with Crippen molar-refractivity contribution < 1.29 is 10.2 Å². The SMILES string of the molecule is C=C1CC(c2ccc(-c3ccc(C4CC(C)CC(O)C4)cc3)cc2O)N1c1ccccc1. The van der Waals surface area contributed by atoms with Gasteiger partial charge in [0, 0.05) is 23.4 Å². The third-order valence-electron chi connectivity index (χ3n) is 7.14. The third kappa shape index (κ3) is 3.93. The third-order valence-corrected chi connectivity index (χ3v) is 7.14. The van der Waals surface area contributed by atoms with E-state index in [1.807, 2.05) is 30.3 Å². The number of aromatic hydroxyl groups is 1. The first-order valence-corrected chi connectivity index (χ1v) is 11.6. The van der Waals surface area contributed by atoms with Crippen LogP contribution in [-0.2, 0) is 0 Å². The van der Waals surface area contributed by atoms with Gasteiger partial charge in [0.2, 0.25) is 0 Å². The molecule has 5 rings (SSSR count). The molecule has 1 heterocycles. The van der Waals surface area contributed by atoms with Crippen molar-refractivity contribution in [2.24, 2.45) is 5.92 Å². The molecule has 1 saturated carbocycles. The van der Waals surface area contributed by atoms with Crippen LogP contribution in [0.3, 0.4) is 0 Å². The molecule has 3 heteroatoms. The van der Waals surface area contributed by atoms with Crippen LogP contribution in [0.25, 0.3) is 11.1 Å². The van der Waals surface area contributed by atoms with Gasteiger partial charge in [0.1, 0.15) is 5.75 Å². The van der Waals surface area contributed by atoms with Gasteiger partial charge in [-0.2, -0.15) is 0 Å². The lowest BCUT2D eigenvalue weighted by Gasteiger charge is -2.45. The van der Waals surface area contributed by atoms with Gasteiger partial charge in [-0.15, -0.1) is 0 Å². The molecule has 2 fully saturated rings. The highest BCUT2D eigenvalue weighted by Gasteiger charge is 2.35. The zero-order valence-electron chi connectivity index (χ0n) is 18.6. The Labute approximate surface area is 190 Å². The second-order valence-corrected chi connectivity index (χ2v) is 9.55. The lowest BCUT2D eigenvalue weighted by atomic mass is 9.77. The summed E-state index contributed by atoms with van der Waals surface area (Å²) in [6, 6.07) is 25.0. The second-order valence-electron chi connectivity index (χ2n) is 9.55. The first-order valence-electron chi connectivity index (χ1n) is 11.6. The van der Waals surface area contributed by atoms with Gasteiger partial charge in [0.05, 0.1) is 12.1 Å². The Bertz CT molecular complexity index is 1100. The van der Waals surface area contributed by atoms with E-state index in [1.165, 1.54) is 5.56 Å². The molecule has 1 saturated heterocycles. The van der Waals surface area contributed by atoms with Crippen molar-refractivity contribution in [2.45, 2.75) is 50.7 Å². The summed E-state index contributed by atoms with van der Waals surface area (Å²) in [7, 11) is 0. The van der Waals surface area contributed by atoms with Crippen LogP contribution in [0.15, 0.2) is 85.1 Å². The number of anilines is 1. The summed E-state index contributed by atoms with van der Waals surface area (Å²) < 4.78 is 0. The highest BCUT2D eigenvalue weighted by molar-refractivity contribution is 5.68. The molecule has 0 aromatic heterocycles. The minimum Gasteiger partial charge on any atom is -0.508 e. The monoisotopic (exact) mass is 425 g/mol. The fraction of sp³-hybridized carbons (Fsp3) is 0.310. The van der Waals surface area contributed by atoms with Crippen LogP contribution < -0.4 is 4.90 Å². The van der Waals surface area contributed by atoms with Gasteiger partial charge >= 0.3 is 0 Å². The fourth-order valence-corrected chi connectivity index (χ4v) is 5.51. The number of aliphatic hydroxyl groups is 1. The Morgan fingerprint density at radius 3 is 2.25 bits per heavy atom. The van der Waals surface area contributed by atoms with E-state index in [9.17, 15) is 10.2 Å². The van der Waals surface area contributed by atoms with Crippen LogP contribution in [0.1, 0.15) is 55.7 Å². The molecule has 4 unspecified atom stereocenters. The highest BCUT2D eigenvalue weighted by Crippen LogP contribution is 2.47. The average molecular weight is 426 g/mol. The van der Waals surface area contributed by atoms with Gasteiger partial charge < -0.3 is 15.1 Å². The molecule has 3 aromatic carbocycles. The predicted molar refractivity (Wildman–Crippen MR) is 131 cm³/mol. The molecule has 164 valence electrons. The maximum Gasteiger partial charge on any atom is 0.121 e. The summed E-state index contributed by atoms with van der Waals surface area (Å²) in [6.45, 7) is 6.40. The first-order chi connectivity index (χ1) is 15.5. The van der Waals surface area contributed by atoms with Crippen molar-refractivity contribution in [1.82, 2.24) is 0 Å². The molecular formula is C29H31NO2. The molecule has 3 aromatic rings. The summed E-state index contributed by atoms with van der Waals surface area (Å²) >= 11 is 0. The van der Waals surface area contributed by atoms with Crippen LogP contribution in [-0.4, -0.2) is 16.3 Å². The lowest BCUT2D eigenvalue weighted by Crippen LogP contribution is -2.38. The number of aliphatic hydroxyl groups excluding tert-OH is 1. The largest absolute Gasteiger partial charge is 0.508 e. The van der Waals surface area contributed by atoms with Crippen LogP contribution in [0.2, 0.25) is 0 Å². The van der Waals surface area contributed by atoms with E-state index in [-0.39, 0.29) is 12.1 Å². The second kappa shape index (κ2) is 8.48. The summed E-state index contributed by atoms with van der Waals surface area (Å²) in [4.78, 5) is 2.20. The van der Waals surface area contributed by atoms with Crippen molar-refractivity contribution >= 4 is 5.69 Å². The molecule has 0 spiro atoms. The Morgan fingerprint density at radius 2 is 1.59 bits per heavy atom. The average Bonchev–Trinajstić information content (AvgIpc) is 2.78. The molecule has 1 aliphatic carbocycles. The van der Waals surface area contributed by atoms with Gasteiger partial charge in [-0.3, -0.25) is 0 Å². The summed E-state index contributed by atoms with van der Waals surface area (Å²) in [5.74, 6) is 1.31. The zero-order chi connectivity index (χ0) is 22.2. The number of para-hydroxylation sites is 1. The summed E-state index contributed by atoms with van der Waals surface area (Å²) in [6.07, 6.45) is 3.56. The molecule has 1 aliphatic heterocycles. The van der Waals surface area contributed by atoms with Gasteiger partial charge in [-0.1, -0.05) is 68.1 Å². The normalized spacial score (nSPS) is 25.4. The van der Waals surface area contributed by atoms with Crippen LogP contribution >= 0.6 is 0 Å². The summed E-state index contributed by atoms with van der Waals surface area (Å²) in [5, 5.41) is 21.0. The molecule has 0 amide bonds. The molecular weight excluding hydrogens is 394 g/mol. The maximum atomic E-state index is 10.9. The Hall–Kier alpha value is -3.04. The van der Waals surface area contributed by atoms with E-state index in [0.717, 1.165) is 53.8 Å². The zero-order valence-corrected chi connectivity index (χ0v) is 18.6. The maximum absolute atomic E-state index is 10.9. The van der Waals surface area contributed by atoms with Crippen LogP contribution in [0.5, 0.6) is 5.75 Å². The number of rotatable bonds is 4. The van der Waals surface area contributed by atoms with Crippen molar-refractivity contribution in [2.75, 3.05) is 4.90 Å². The van der Waals surface area contributed by atoms with E-state index in [4.69, 9.17) is 0 Å². The quantitative estimate of drug-likeness (QED) is 0.484. The number of phenolic OH excluding ortho intramolecular Hbond substituents is 1. The van der Waals surface area contributed by atoms with Crippen molar-refractivity contribution in [3.05, 3.63) is 96.2 Å². The Morgan fingerprint density at radius 1 is 0.875 bits per heavy atom. The van der Waals surface area contributed by atoms with E-state index in [2.05, 4.69) is 60.9 Å². The molecule has 3 nitrogen and oxygen atoms in total. The van der Waals surface area contributed by atoms with Gasteiger partial charge in [-0.25, -0.2) is 0 Å². The number of benzene rings is 3.